The molecule has 2 heteroatoms. The lowest BCUT2D eigenvalue weighted by molar-refractivity contribution is 0.295. The van der Waals surface area contributed by atoms with Gasteiger partial charge in [0.2, 0.25) is 0 Å². The van der Waals surface area contributed by atoms with Gasteiger partial charge in [-0.15, -0.1) is 0 Å². The molecule has 2 rings (SSSR count). The van der Waals surface area contributed by atoms with E-state index in [4.69, 9.17) is 4.65 Å². The van der Waals surface area contributed by atoms with Crippen LogP contribution in [0.3, 0.4) is 0 Å². The van der Waals surface area contributed by atoms with Crippen molar-refractivity contribution in [1.82, 2.24) is 0 Å². The topological polar surface area (TPSA) is 9.23 Å². The zero-order chi connectivity index (χ0) is 13.2. The number of hydrogen-bond acceptors (Lipinski definition) is 1. The molecule has 0 unspecified atom stereocenters. The van der Waals surface area contributed by atoms with Crippen LogP contribution in [0.5, 0.6) is 0 Å². The second-order valence-electron chi connectivity index (χ2n) is 4.58. The van der Waals surface area contributed by atoms with E-state index in [1.54, 1.807) is 8.05 Å². The maximum atomic E-state index is 4.80. The van der Waals surface area contributed by atoms with Crippen LogP contribution in [0, 0.1) is 5.92 Å². The summed E-state index contributed by atoms with van der Waals surface area (Å²) in [5.41, 5.74) is 2.55. The average Bonchev–Trinajstić information content (AvgIpc) is 2.41. The second kappa shape index (κ2) is 8.54. The predicted molar refractivity (Wildman–Crippen MR) is 81.2 cm³/mol. The smallest absolute Gasteiger partial charge is 0.257 e. The monoisotopic (exact) mass is 240 g/mol. The summed E-state index contributed by atoms with van der Waals surface area (Å²) in [5, 5.41) is 0. The molecule has 0 saturated carbocycles. The van der Waals surface area contributed by atoms with Crippen LogP contribution >= 0.6 is 0 Å². The summed E-state index contributed by atoms with van der Waals surface area (Å²) in [5.74, 6) is 0.676. The summed E-state index contributed by atoms with van der Waals surface area (Å²) in [7, 11) is 1.72. The first-order valence-electron chi connectivity index (χ1n) is 6.33. The van der Waals surface area contributed by atoms with Crippen molar-refractivity contribution < 1.29 is 4.65 Å². The minimum Gasteiger partial charge on any atom is -0.444 e. The molecule has 0 aliphatic rings. The molecule has 2 aromatic rings. The fourth-order valence-corrected chi connectivity index (χ4v) is 1.59. The van der Waals surface area contributed by atoms with E-state index in [9.17, 15) is 0 Å². The third-order valence-electron chi connectivity index (χ3n) is 2.38. The van der Waals surface area contributed by atoms with Gasteiger partial charge in [0.25, 0.3) is 8.05 Å². The van der Waals surface area contributed by atoms with Gasteiger partial charge in [0.1, 0.15) is 0 Å². The van der Waals surface area contributed by atoms with Crippen LogP contribution in [0.4, 0.5) is 0 Å². The van der Waals surface area contributed by atoms with E-state index in [1.165, 1.54) is 11.1 Å². The Hall–Kier alpha value is -1.54. The summed E-state index contributed by atoms with van der Waals surface area (Å²) in [4.78, 5) is 0. The molecule has 18 heavy (non-hydrogen) atoms. The van der Waals surface area contributed by atoms with Crippen LogP contribution in [0.25, 0.3) is 11.1 Å². The Morgan fingerprint density at radius 1 is 0.833 bits per heavy atom. The zero-order valence-electron chi connectivity index (χ0n) is 11.5. The molecule has 0 heterocycles. The molecule has 0 bridgehead atoms. The molecule has 0 spiro atoms. The maximum Gasteiger partial charge on any atom is 0.257 e. The summed E-state index contributed by atoms with van der Waals surface area (Å²) >= 11 is 0. The van der Waals surface area contributed by atoms with E-state index in [1.807, 2.05) is 12.1 Å². The Bertz CT molecular complexity index is 374. The molecule has 0 aliphatic carbocycles. The molecule has 0 aliphatic heterocycles. The highest BCUT2D eigenvalue weighted by Gasteiger charge is 1.91. The Labute approximate surface area is 111 Å². The quantitative estimate of drug-likeness (QED) is 0.745. The summed E-state index contributed by atoms with van der Waals surface area (Å²) in [6.07, 6.45) is 0. The third kappa shape index (κ3) is 5.69. The van der Waals surface area contributed by atoms with Crippen molar-refractivity contribution in [3.8, 4) is 11.1 Å². The molecule has 0 N–H and O–H groups in total. The molecule has 0 amide bonds. The van der Waals surface area contributed by atoms with Crippen LogP contribution in [-0.2, 0) is 4.65 Å². The molecule has 1 nitrogen and oxygen atoms in total. The lowest BCUT2D eigenvalue weighted by Crippen LogP contribution is -1.97. The lowest BCUT2D eigenvalue weighted by Gasteiger charge is -1.98. The van der Waals surface area contributed by atoms with Gasteiger partial charge in [-0.3, -0.25) is 0 Å². The van der Waals surface area contributed by atoms with Gasteiger partial charge in [0.05, 0.1) is 0 Å². The highest BCUT2D eigenvalue weighted by molar-refractivity contribution is 5.97. The van der Waals surface area contributed by atoms with Gasteiger partial charge in [-0.25, -0.2) is 0 Å². The van der Waals surface area contributed by atoms with Gasteiger partial charge in [0.15, 0.2) is 0 Å². The van der Waals surface area contributed by atoms with Crippen molar-refractivity contribution in [2.24, 2.45) is 5.92 Å². The maximum absolute atomic E-state index is 4.80. The number of hydrogen-bond donors (Lipinski definition) is 0. The highest BCUT2D eigenvalue weighted by atomic mass is 16.4. The van der Waals surface area contributed by atoms with E-state index in [0.717, 1.165) is 6.61 Å². The molecule has 0 atom stereocenters. The van der Waals surface area contributed by atoms with Crippen molar-refractivity contribution >= 4 is 8.05 Å². The van der Waals surface area contributed by atoms with E-state index < -0.39 is 0 Å². The van der Waals surface area contributed by atoms with Gasteiger partial charge >= 0.3 is 0 Å². The van der Waals surface area contributed by atoms with Crippen molar-refractivity contribution in [3.05, 3.63) is 60.7 Å². The van der Waals surface area contributed by atoms with E-state index >= 15 is 0 Å². The second-order valence-corrected chi connectivity index (χ2v) is 4.58. The first kappa shape index (κ1) is 14.5. The average molecular weight is 240 g/mol. The van der Waals surface area contributed by atoms with Gasteiger partial charge in [-0.2, -0.15) is 0 Å². The van der Waals surface area contributed by atoms with Gasteiger partial charge in [0, 0.05) is 6.61 Å². The van der Waals surface area contributed by atoms with E-state index in [0.29, 0.717) is 5.92 Å². The van der Waals surface area contributed by atoms with Crippen LogP contribution in [0.15, 0.2) is 60.7 Å². The summed E-state index contributed by atoms with van der Waals surface area (Å²) in [6.45, 7) is 5.13. The van der Waals surface area contributed by atoms with Gasteiger partial charge < -0.3 is 4.65 Å². The first-order chi connectivity index (χ1) is 8.74. The largest absolute Gasteiger partial charge is 0.444 e. The highest BCUT2D eigenvalue weighted by Crippen LogP contribution is 2.17. The predicted octanol–water partition coefficient (Wildman–Crippen LogP) is 3.56. The van der Waals surface area contributed by atoms with Crippen LogP contribution in [0.1, 0.15) is 13.8 Å². The van der Waals surface area contributed by atoms with Crippen LogP contribution in [0.2, 0.25) is 0 Å². The summed E-state index contributed by atoms with van der Waals surface area (Å²) < 4.78 is 4.80. The fraction of sp³-hybridized carbons (Fsp3) is 0.250. The minimum absolute atomic E-state index is 0.676. The third-order valence-corrected chi connectivity index (χ3v) is 2.38. The lowest BCUT2D eigenvalue weighted by atomic mass is 10.1. The molecule has 0 radical (unpaired) electrons. The van der Waals surface area contributed by atoms with Gasteiger partial charge in [-0.05, 0) is 17.0 Å². The van der Waals surface area contributed by atoms with Crippen LogP contribution < -0.4 is 0 Å². The standard InChI is InChI=1S/C12H10.C4H11BO/c1-3-7-11(8-4-1)12-9-5-2-6-10-12;1-4(2)3-6-5/h1-10H;4H,3,5H2,1-2H3. The minimum atomic E-state index is 0.676. The number of rotatable bonds is 3. The summed E-state index contributed by atoms with van der Waals surface area (Å²) in [6, 6.07) is 20.8. The van der Waals surface area contributed by atoms with Crippen molar-refractivity contribution in [1.29, 1.82) is 0 Å². The molecule has 0 fully saturated rings. The zero-order valence-corrected chi connectivity index (χ0v) is 11.5. The molecular weight excluding hydrogens is 219 g/mol. The molecule has 0 aromatic heterocycles. The molecule has 0 saturated heterocycles. The van der Waals surface area contributed by atoms with E-state index in [2.05, 4.69) is 62.4 Å². The Kier molecular flexibility index (Phi) is 6.89. The normalized spacial score (nSPS) is 9.72. The van der Waals surface area contributed by atoms with Gasteiger partial charge in [-0.1, -0.05) is 74.5 Å². The Balaban J connectivity index is 0.000000232. The molecule has 2 aromatic carbocycles. The number of benzene rings is 2. The van der Waals surface area contributed by atoms with Crippen molar-refractivity contribution in [2.75, 3.05) is 6.61 Å². The first-order valence-corrected chi connectivity index (χ1v) is 6.33. The Morgan fingerprint density at radius 2 is 1.22 bits per heavy atom. The van der Waals surface area contributed by atoms with E-state index in [-0.39, 0.29) is 0 Å². The fourth-order valence-electron chi connectivity index (χ4n) is 1.59. The Morgan fingerprint density at radius 3 is 1.44 bits per heavy atom. The molecule has 94 valence electrons. The van der Waals surface area contributed by atoms with Crippen molar-refractivity contribution in [3.63, 3.8) is 0 Å². The van der Waals surface area contributed by atoms with Crippen LogP contribution in [-0.4, -0.2) is 14.7 Å². The SMILES string of the molecule is BOCC(C)C.c1ccc(-c2ccccc2)cc1. The van der Waals surface area contributed by atoms with Crippen molar-refractivity contribution in [2.45, 2.75) is 13.8 Å². The molecular formula is C16H21BO.